The van der Waals surface area contributed by atoms with Crippen molar-refractivity contribution in [1.82, 2.24) is 9.80 Å². The minimum absolute atomic E-state index is 0.0977. The molecule has 1 aliphatic rings. The maximum absolute atomic E-state index is 12.8. The number of nitrogens with zero attached hydrogens (tertiary/aromatic N) is 2. The Bertz CT molecular complexity index is 677. The molecule has 1 aromatic rings. The maximum Gasteiger partial charge on any atom is 0.251 e. The Morgan fingerprint density at radius 2 is 1.54 bits per heavy atom. The van der Waals surface area contributed by atoms with Crippen LogP contribution in [0.3, 0.4) is 0 Å². The van der Waals surface area contributed by atoms with Crippen LogP contribution in [0.15, 0.2) is 30.0 Å². The molecule has 1 unspecified atom stereocenters. The molecule has 5 nitrogen and oxygen atoms in total. The Morgan fingerprint density at radius 3 is 2.08 bits per heavy atom. The molecule has 24 heavy (non-hydrogen) atoms. The van der Waals surface area contributed by atoms with E-state index in [0.29, 0.717) is 35.0 Å². The van der Waals surface area contributed by atoms with Gasteiger partial charge in [-0.3, -0.25) is 9.59 Å². The Kier molecular flexibility index (Phi) is 5.44. The van der Waals surface area contributed by atoms with Crippen molar-refractivity contribution in [2.24, 2.45) is 11.7 Å². The molecular formula is C19H27N3O2. The van der Waals surface area contributed by atoms with E-state index in [9.17, 15) is 9.59 Å². The average Bonchev–Trinajstić information content (AvgIpc) is 2.54. The molecule has 0 amide bonds. The molecule has 0 bridgehead atoms. The monoisotopic (exact) mass is 329 g/mol. The summed E-state index contributed by atoms with van der Waals surface area (Å²) in [6, 6.07) is 7.15. The van der Waals surface area contributed by atoms with Crippen LogP contribution in [-0.2, 0) is 4.79 Å². The molecule has 0 aliphatic heterocycles. The van der Waals surface area contributed by atoms with Crippen molar-refractivity contribution >= 4 is 17.3 Å². The van der Waals surface area contributed by atoms with Gasteiger partial charge in [0.15, 0.2) is 0 Å². The van der Waals surface area contributed by atoms with E-state index >= 15 is 0 Å². The van der Waals surface area contributed by atoms with Crippen molar-refractivity contribution in [1.29, 1.82) is 0 Å². The molecular weight excluding hydrogens is 302 g/mol. The summed E-state index contributed by atoms with van der Waals surface area (Å²) in [4.78, 5) is 29.4. The van der Waals surface area contributed by atoms with Crippen LogP contribution in [0.25, 0.3) is 5.70 Å². The zero-order chi connectivity index (χ0) is 18.0. The van der Waals surface area contributed by atoms with Crippen molar-refractivity contribution in [3.8, 4) is 0 Å². The number of rotatable bonds is 6. The number of likely N-dealkylation sites (N-methyl/N-ethyl adjacent to an activating group) is 1. The van der Waals surface area contributed by atoms with Gasteiger partial charge < -0.3 is 15.5 Å². The summed E-state index contributed by atoms with van der Waals surface area (Å²) in [5.74, 6) is -0.648. The van der Waals surface area contributed by atoms with Crippen molar-refractivity contribution < 1.29 is 9.59 Å². The van der Waals surface area contributed by atoms with E-state index in [1.807, 2.05) is 25.1 Å². The molecule has 0 aromatic heterocycles. The molecule has 0 fully saturated rings. The van der Waals surface area contributed by atoms with Crippen LogP contribution < -0.4 is 5.73 Å². The van der Waals surface area contributed by atoms with Gasteiger partial charge in [-0.15, -0.1) is 0 Å². The predicted octanol–water partition coefficient (Wildman–Crippen LogP) is 1.99. The van der Waals surface area contributed by atoms with Crippen LogP contribution in [0, 0.1) is 5.92 Å². The smallest absolute Gasteiger partial charge is 0.251 e. The molecule has 1 aliphatic carbocycles. The maximum atomic E-state index is 12.8. The number of allylic oxidation sites excluding steroid dienone is 1. The summed E-state index contributed by atoms with van der Waals surface area (Å²) in [6.07, 6.45) is 0. The highest BCUT2D eigenvalue weighted by Crippen LogP contribution is 2.30. The summed E-state index contributed by atoms with van der Waals surface area (Å²) >= 11 is 0. The third-order valence-electron chi connectivity index (χ3n) is 4.67. The second-order valence-corrected chi connectivity index (χ2v) is 6.95. The summed E-state index contributed by atoms with van der Waals surface area (Å²) in [7, 11) is 3.97. The third kappa shape index (κ3) is 3.36. The highest BCUT2D eigenvalue weighted by atomic mass is 16.2. The first-order chi connectivity index (χ1) is 11.3. The number of hydrogen-bond acceptors (Lipinski definition) is 5. The fraction of sp³-hybridized carbons (Fsp3) is 0.474. The molecule has 0 saturated carbocycles. The standard InChI is InChI=1S/C19H27N3O2/c1-12(2)13(3)22(11-10-21(4)5)17-16(20)14-8-6-7-9-15(14)18(23)19(17)24/h6-9,12-13H,10-11,20H2,1-5H3. The quantitative estimate of drug-likeness (QED) is 0.809. The summed E-state index contributed by atoms with van der Waals surface area (Å²) in [5, 5.41) is 0. The van der Waals surface area contributed by atoms with Crippen LogP contribution >= 0.6 is 0 Å². The van der Waals surface area contributed by atoms with Crippen LogP contribution in [-0.4, -0.2) is 54.6 Å². The van der Waals surface area contributed by atoms with Crippen LogP contribution in [0.1, 0.15) is 36.7 Å². The molecule has 1 atom stereocenters. The third-order valence-corrected chi connectivity index (χ3v) is 4.67. The largest absolute Gasteiger partial charge is 0.396 e. The summed E-state index contributed by atoms with van der Waals surface area (Å²) < 4.78 is 0. The normalized spacial score (nSPS) is 16.0. The van der Waals surface area contributed by atoms with Crippen LogP contribution in [0.2, 0.25) is 0 Å². The lowest BCUT2D eigenvalue weighted by molar-refractivity contribution is -0.113. The first kappa shape index (κ1) is 18.2. The number of benzene rings is 1. The molecule has 0 saturated heterocycles. The van der Waals surface area contributed by atoms with E-state index in [0.717, 1.165) is 6.54 Å². The number of ketones is 2. The van der Waals surface area contributed by atoms with E-state index < -0.39 is 11.6 Å². The molecule has 0 spiro atoms. The minimum atomic E-state index is -0.502. The lowest BCUT2D eigenvalue weighted by atomic mass is 9.89. The van der Waals surface area contributed by atoms with E-state index in [1.165, 1.54) is 0 Å². The number of carbonyl (C=O) groups is 2. The highest BCUT2D eigenvalue weighted by molar-refractivity contribution is 6.52. The average molecular weight is 329 g/mol. The van der Waals surface area contributed by atoms with Crippen molar-refractivity contribution in [3.63, 3.8) is 0 Å². The Balaban J connectivity index is 2.54. The molecule has 0 heterocycles. The molecule has 0 radical (unpaired) electrons. The van der Waals surface area contributed by atoms with Gasteiger partial charge in [0.25, 0.3) is 5.78 Å². The Hall–Kier alpha value is -2.14. The fourth-order valence-electron chi connectivity index (χ4n) is 2.87. The van der Waals surface area contributed by atoms with Gasteiger partial charge in [0, 0.05) is 30.3 Å². The van der Waals surface area contributed by atoms with Gasteiger partial charge in [-0.25, -0.2) is 0 Å². The Labute approximate surface area is 144 Å². The first-order valence-corrected chi connectivity index (χ1v) is 8.35. The molecule has 2 rings (SSSR count). The fourth-order valence-corrected chi connectivity index (χ4v) is 2.87. The van der Waals surface area contributed by atoms with Gasteiger partial charge in [-0.2, -0.15) is 0 Å². The first-order valence-electron chi connectivity index (χ1n) is 8.35. The predicted molar refractivity (Wildman–Crippen MR) is 96.4 cm³/mol. The minimum Gasteiger partial charge on any atom is -0.396 e. The van der Waals surface area contributed by atoms with Crippen LogP contribution in [0.5, 0.6) is 0 Å². The van der Waals surface area contributed by atoms with Crippen molar-refractivity contribution in [2.45, 2.75) is 26.8 Å². The molecule has 5 heteroatoms. The van der Waals surface area contributed by atoms with Gasteiger partial charge in [0.2, 0.25) is 5.78 Å². The number of fused-ring (bicyclic) bond motifs is 1. The molecule has 2 N–H and O–H groups in total. The van der Waals surface area contributed by atoms with Crippen molar-refractivity contribution in [3.05, 3.63) is 41.1 Å². The summed E-state index contributed by atoms with van der Waals surface area (Å²) in [6.45, 7) is 7.69. The van der Waals surface area contributed by atoms with E-state index in [2.05, 4.69) is 25.7 Å². The van der Waals surface area contributed by atoms with E-state index in [4.69, 9.17) is 5.73 Å². The lowest BCUT2D eigenvalue weighted by Gasteiger charge is -2.37. The summed E-state index contributed by atoms with van der Waals surface area (Å²) in [5.41, 5.74) is 8.14. The number of hydrogen-bond donors (Lipinski definition) is 1. The number of Topliss-reactive ketones (excluding diaryl/α,β-unsaturated/α-hetero) is 2. The molecule has 1 aromatic carbocycles. The van der Waals surface area contributed by atoms with Gasteiger partial charge in [0.05, 0.1) is 5.70 Å². The lowest BCUT2D eigenvalue weighted by Crippen LogP contribution is -2.45. The Morgan fingerprint density at radius 1 is 0.958 bits per heavy atom. The van der Waals surface area contributed by atoms with Crippen LogP contribution in [0.4, 0.5) is 0 Å². The zero-order valence-electron chi connectivity index (χ0n) is 15.2. The van der Waals surface area contributed by atoms with Crippen molar-refractivity contribution in [2.75, 3.05) is 27.2 Å². The second kappa shape index (κ2) is 7.18. The van der Waals surface area contributed by atoms with Gasteiger partial charge in [-0.1, -0.05) is 38.1 Å². The van der Waals surface area contributed by atoms with Gasteiger partial charge in [0.1, 0.15) is 5.70 Å². The number of nitrogens with two attached hydrogens (primary N) is 1. The SMILES string of the molecule is CC(C)C(C)N(CCN(C)C)C1=C(N)c2ccccc2C(=O)C1=O. The second-order valence-electron chi connectivity index (χ2n) is 6.95. The topological polar surface area (TPSA) is 66.6 Å². The zero-order valence-corrected chi connectivity index (χ0v) is 15.2. The van der Waals surface area contributed by atoms with Gasteiger partial charge in [-0.05, 0) is 26.9 Å². The van der Waals surface area contributed by atoms with E-state index in [1.54, 1.807) is 18.2 Å². The van der Waals surface area contributed by atoms with E-state index in [-0.39, 0.29) is 6.04 Å². The van der Waals surface area contributed by atoms with Gasteiger partial charge >= 0.3 is 0 Å². The highest BCUT2D eigenvalue weighted by Gasteiger charge is 2.36. The molecule has 130 valence electrons. The number of carbonyl (C=O) groups excluding carboxylic acids is 2.